The molecule has 1 N–H and O–H groups in total. The number of benzene rings is 2. The second-order valence-electron chi connectivity index (χ2n) is 3.95. The normalized spacial score (nSPS) is 10.1. The summed E-state index contributed by atoms with van der Waals surface area (Å²) in [5.41, 5.74) is 3.74. The lowest BCUT2D eigenvalue weighted by molar-refractivity contribution is 0.322. The van der Waals surface area contributed by atoms with Crippen LogP contribution in [0.15, 0.2) is 53.7 Å². The summed E-state index contributed by atoms with van der Waals surface area (Å²) in [6.07, 6.45) is 1.40. The molecule has 0 fully saturated rings. The molecule has 2 aromatic rings. The summed E-state index contributed by atoms with van der Waals surface area (Å²) in [7, 11) is 0. The molecule has 0 bridgehead atoms. The molecule has 2 aromatic carbocycles. The fourth-order valence-corrected chi connectivity index (χ4v) is 1.63. The van der Waals surface area contributed by atoms with Crippen LogP contribution in [0, 0.1) is 18.8 Å². The van der Waals surface area contributed by atoms with Gasteiger partial charge in [-0.3, -0.25) is 0 Å². The molecule has 2 nitrogen and oxygen atoms in total. The van der Waals surface area contributed by atoms with E-state index in [2.05, 4.69) is 17.0 Å². The van der Waals surface area contributed by atoms with E-state index in [1.807, 2.05) is 55.5 Å². The van der Waals surface area contributed by atoms with Gasteiger partial charge in [0.05, 0.1) is 6.21 Å². The SMILES string of the molecule is Cc1ccc(C#Cc2ccccc2)c(/C=N/O)c1. The third-order valence-corrected chi connectivity index (χ3v) is 2.52. The molecule has 0 aliphatic rings. The molecule has 0 amide bonds. The number of nitrogens with zero attached hydrogens (tertiary/aromatic N) is 1. The Morgan fingerprint density at radius 1 is 1.06 bits per heavy atom. The van der Waals surface area contributed by atoms with E-state index in [0.717, 1.165) is 22.3 Å². The van der Waals surface area contributed by atoms with Crippen LogP contribution in [0.25, 0.3) is 0 Å². The summed E-state index contributed by atoms with van der Waals surface area (Å²) in [6.45, 7) is 1.99. The molecular formula is C16H13NO. The van der Waals surface area contributed by atoms with Crippen molar-refractivity contribution in [3.63, 3.8) is 0 Å². The fraction of sp³-hybridized carbons (Fsp3) is 0.0625. The summed E-state index contributed by atoms with van der Waals surface area (Å²) in [5.74, 6) is 6.18. The average Bonchev–Trinajstić information content (AvgIpc) is 2.39. The Bertz CT molecular complexity index is 619. The molecule has 18 heavy (non-hydrogen) atoms. The van der Waals surface area contributed by atoms with Crippen molar-refractivity contribution in [3.05, 3.63) is 70.8 Å². The highest BCUT2D eigenvalue weighted by atomic mass is 16.4. The molecule has 0 spiro atoms. The minimum absolute atomic E-state index is 0.820. The van der Waals surface area contributed by atoms with E-state index >= 15 is 0 Å². The lowest BCUT2D eigenvalue weighted by Gasteiger charge is -1.99. The molecule has 0 heterocycles. The van der Waals surface area contributed by atoms with Crippen LogP contribution in [-0.4, -0.2) is 11.4 Å². The quantitative estimate of drug-likeness (QED) is 0.350. The molecule has 0 aromatic heterocycles. The van der Waals surface area contributed by atoms with Gasteiger partial charge in [-0.2, -0.15) is 0 Å². The van der Waals surface area contributed by atoms with Crippen molar-refractivity contribution < 1.29 is 5.21 Å². The summed E-state index contributed by atoms with van der Waals surface area (Å²) in [5, 5.41) is 11.7. The minimum atomic E-state index is 0.820. The van der Waals surface area contributed by atoms with E-state index in [1.165, 1.54) is 6.21 Å². The van der Waals surface area contributed by atoms with E-state index in [9.17, 15) is 0 Å². The van der Waals surface area contributed by atoms with Gasteiger partial charge in [0.2, 0.25) is 0 Å². The van der Waals surface area contributed by atoms with Crippen LogP contribution >= 0.6 is 0 Å². The van der Waals surface area contributed by atoms with Crippen molar-refractivity contribution in [3.8, 4) is 11.8 Å². The van der Waals surface area contributed by atoms with Gasteiger partial charge in [0, 0.05) is 16.7 Å². The first kappa shape index (κ1) is 11.9. The average molecular weight is 235 g/mol. The highest BCUT2D eigenvalue weighted by Gasteiger charge is 1.97. The topological polar surface area (TPSA) is 32.6 Å². The monoisotopic (exact) mass is 235 g/mol. The number of hydrogen-bond donors (Lipinski definition) is 1. The summed E-state index contributed by atoms with van der Waals surface area (Å²) in [4.78, 5) is 0. The first-order valence-electron chi connectivity index (χ1n) is 5.65. The Balaban J connectivity index is 2.38. The Morgan fingerprint density at radius 2 is 1.83 bits per heavy atom. The highest BCUT2D eigenvalue weighted by molar-refractivity contribution is 5.83. The molecule has 0 saturated heterocycles. The summed E-state index contributed by atoms with van der Waals surface area (Å²) in [6, 6.07) is 15.6. The van der Waals surface area contributed by atoms with Crippen molar-refractivity contribution in [2.45, 2.75) is 6.92 Å². The van der Waals surface area contributed by atoms with Crippen LogP contribution in [0.3, 0.4) is 0 Å². The van der Waals surface area contributed by atoms with Crippen LogP contribution in [0.1, 0.15) is 22.3 Å². The molecule has 0 aliphatic heterocycles. The Kier molecular flexibility index (Phi) is 3.78. The maximum Gasteiger partial charge on any atom is 0.0746 e. The third-order valence-electron chi connectivity index (χ3n) is 2.52. The zero-order valence-corrected chi connectivity index (χ0v) is 10.1. The molecule has 88 valence electrons. The minimum Gasteiger partial charge on any atom is -0.411 e. The second-order valence-corrected chi connectivity index (χ2v) is 3.95. The molecule has 2 rings (SSSR count). The fourth-order valence-electron chi connectivity index (χ4n) is 1.63. The van der Waals surface area contributed by atoms with Crippen LogP contribution in [0.4, 0.5) is 0 Å². The third kappa shape index (κ3) is 2.99. The second kappa shape index (κ2) is 5.70. The van der Waals surface area contributed by atoms with Crippen LogP contribution in [0.5, 0.6) is 0 Å². The zero-order chi connectivity index (χ0) is 12.8. The van der Waals surface area contributed by atoms with E-state index in [4.69, 9.17) is 5.21 Å². The van der Waals surface area contributed by atoms with E-state index in [1.54, 1.807) is 0 Å². The van der Waals surface area contributed by atoms with Crippen LogP contribution in [0.2, 0.25) is 0 Å². The van der Waals surface area contributed by atoms with Crippen molar-refractivity contribution >= 4 is 6.21 Å². The first-order chi connectivity index (χ1) is 8.79. The van der Waals surface area contributed by atoms with Gasteiger partial charge in [0.25, 0.3) is 0 Å². The van der Waals surface area contributed by atoms with Gasteiger partial charge in [0.15, 0.2) is 0 Å². The molecule has 0 atom stereocenters. The number of hydrogen-bond acceptors (Lipinski definition) is 2. The largest absolute Gasteiger partial charge is 0.411 e. The highest BCUT2D eigenvalue weighted by Crippen LogP contribution is 2.09. The maximum absolute atomic E-state index is 8.64. The molecular weight excluding hydrogens is 222 g/mol. The standard InChI is InChI=1S/C16H13NO/c1-13-7-9-15(16(11-13)12-17-18)10-8-14-5-3-2-4-6-14/h2-7,9,11-12,18H,1H3/b17-12+. The van der Waals surface area contributed by atoms with E-state index in [0.29, 0.717) is 0 Å². The predicted octanol–water partition coefficient (Wildman–Crippen LogP) is 3.20. The Hall–Kier alpha value is -2.53. The molecule has 0 aliphatic carbocycles. The van der Waals surface area contributed by atoms with E-state index < -0.39 is 0 Å². The Morgan fingerprint density at radius 3 is 2.56 bits per heavy atom. The number of rotatable bonds is 1. The molecule has 0 saturated carbocycles. The first-order valence-corrected chi connectivity index (χ1v) is 5.65. The van der Waals surface area contributed by atoms with Gasteiger partial charge in [-0.05, 0) is 31.2 Å². The lowest BCUT2D eigenvalue weighted by atomic mass is 10.1. The van der Waals surface area contributed by atoms with Crippen LogP contribution < -0.4 is 0 Å². The van der Waals surface area contributed by atoms with Gasteiger partial charge in [-0.25, -0.2) is 0 Å². The lowest BCUT2D eigenvalue weighted by Crippen LogP contribution is -1.89. The molecule has 0 radical (unpaired) electrons. The number of aryl methyl sites for hydroxylation is 1. The van der Waals surface area contributed by atoms with E-state index in [-0.39, 0.29) is 0 Å². The van der Waals surface area contributed by atoms with Crippen molar-refractivity contribution in [2.24, 2.45) is 5.16 Å². The van der Waals surface area contributed by atoms with Crippen molar-refractivity contribution in [1.82, 2.24) is 0 Å². The van der Waals surface area contributed by atoms with Crippen molar-refractivity contribution in [1.29, 1.82) is 0 Å². The molecule has 2 heteroatoms. The van der Waals surface area contributed by atoms with Gasteiger partial charge >= 0.3 is 0 Å². The van der Waals surface area contributed by atoms with Gasteiger partial charge in [-0.1, -0.05) is 46.8 Å². The van der Waals surface area contributed by atoms with Crippen LogP contribution in [-0.2, 0) is 0 Å². The number of oxime groups is 1. The van der Waals surface area contributed by atoms with Gasteiger partial charge in [0.1, 0.15) is 0 Å². The smallest absolute Gasteiger partial charge is 0.0746 e. The zero-order valence-electron chi connectivity index (χ0n) is 10.1. The van der Waals surface area contributed by atoms with Gasteiger partial charge in [-0.15, -0.1) is 0 Å². The summed E-state index contributed by atoms with van der Waals surface area (Å²) >= 11 is 0. The maximum atomic E-state index is 8.64. The summed E-state index contributed by atoms with van der Waals surface area (Å²) < 4.78 is 0. The van der Waals surface area contributed by atoms with Crippen molar-refractivity contribution in [2.75, 3.05) is 0 Å². The Labute approximate surface area is 107 Å². The predicted molar refractivity (Wildman–Crippen MR) is 73.0 cm³/mol. The molecule has 0 unspecified atom stereocenters. The van der Waals surface area contributed by atoms with Gasteiger partial charge < -0.3 is 5.21 Å².